The van der Waals surface area contributed by atoms with Crippen molar-refractivity contribution in [2.45, 2.75) is 45.1 Å². The highest BCUT2D eigenvalue weighted by Gasteiger charge is 2.34. The summed E-state index contributed by atoms with van der Waals surface area (Å²) in [6, 6.07) is 6.35. The Morgan fingerprint density at radius 3 is 2.67 bits per heavy atom. The van der Waals surface area contributed by atoms with Gasteiger partial charge in [0.15, 0.2) is 5.11 Å². The summed E-state index contributed by atoms with van der Waals surface area (Å²) in [5.74, 6) is -0.348. The number of unbranched alkanes of at least 4 members (excludes halogenated alkanes) is 2. The Bertz CT molecular complexity index is 754. The van der Waals surface area contributed by atoms with Gasteiger partial charge in [0.25, 0.3) is 0 Å². The average Bonchev–Trinajstić information content (AvgIpc) is 2.73. The van der Waals surface area contributed by atoms with Gasteiger partial charge in [-0.05, 0) is 36.3 Å². The third-order valence-electron chi connectivity index (χ3n) is 4.73. The first kappa shape index (κ1) is 23.6. The third kappa shape index (κ3) is 7.29. The van der Waals surface area contributed by atoms with Crippen molar-refractivity contribution >= 4 is 35.1 Å². The van der Waals surface area contributed by atoms with Crippen LogP contribution in [0.1, 0.15) is 38.2 Å². The monoisotopic (exact) mass is 435 g/mol. The standard InChI is InChI=1S/C21H29N3O5S/c1-3-4-5-12-29-19(26)14-17-20(27)22-10-11-24(17)21(30)23-18(25)13-15-6-8-16(28-2)9-7-15/h6-9,17H,3-5,10-14H2,1-2H3,(H,22,27)(H,23,25,30). The Morgan fingerprint density at radius 1 is 1.27 bits per heavy atom. The molecule has 1 unspecified atom stereocenters. The molecule has 1 aliphatic rings. The number of nitrogens with one attached hydrogen (secondary N) is 2. The van der Waals surface area contributed by atoms with Crippen LogP contribution in [0.2, 0.25) is 0 Å². The number of carbonyl (C=O) groups excluding carboxylic acids is 3. The van der Waals surface area contributed by atoms with E-state index in [0.717, 1.165) is 24.8 Å². The first-order valence-electron chi connectivity index (χ1n) is 10.1. The Labute approximate surface area is 182 Å². The van der Waals surface area contributed by atoms with E-state index in [9.17, 15) is 14.4 Å². The molecule has 1 saturated heterocycles. The molecular weight excluding hydrogens is 406 g/mol. The summed E-state index contributed by atoms with van der Waals surface area (Å²) in [5, 5.41) is 5.53. The number of ether oxygens (including phenoxy) is 2. The maximum absolute atomic E-state index is 12.4. The van der Waals surface area contributed by atoms with Gasteiger partial charge < -0.3 is 25.0 Å². The number of nitrogens with zero attached hydrogens (tertiary/aromatic N) is 1. The SMILES string of the molecule is CCCCCOC(=O)CC1C(=O)NCCN1C(=S)NC(=O)Cc1ccc(OC)cc1. The quantitative estimate of drug-likeness (QED) is 0.345. The molecule has 0 aliphatic carbocycles. The molecule has 0 radical (unpaired) electrons. The summed E-state index contributed by atoms with van der Waals surface area (Å²) in [4.78, 5) is 38.4. The van der Waals surface area contributed by atoms with Crippen molar-refractivity contribution in [3.05, 3.63) is 29.8 Å². The number of amides is 2. The van der Waals surface area contributed by atoms with E-state index >= 15 is 0 Å². The summed E-state index contributed by atoms with van der Waals surface area (Å²) in [5.41, 5.74) is 0.805. The van der Waals surface area contributed by atoms with Crippen molar-refractivity contribution in [3.63, 3.8) is 0 Å². The van der Waals surface area contributed by atoms with Gasteiger partial charge in [0.1, 0.15) is 11.8 Å². The van der Waals surface area contributed by atoms with Gasteiger partial charge in [-0.2, -0.15) is 0 Å². The van der Waals surface area contributed by atoms with Gasteiger partial charge in [0.05, 0.1) is 26.6 Å². The van der Waals surface area contributed by atoms with Crippen LogP contribution in [-0.4, -0.2) is 60.6 Å². The minimum atomic E-state index is -0.800. The van der Waals surface area contributed by atoms with Crippen molar-refractivity contribution < 1.29 is 23.9 Å². The molecule has 0 aromatic heterocycles. The molecule has 0 spiro atoms. The lowest BCUT2D eigenvalue weighted by molar-refractivity contribution is -0.147. The molecule has 0 bridgehead atoms. The van der Waals surface area contributed by atoms with Crippen molar-refractivity contribution in [2.75, 3.05) is 26.8 Å². The first-order valence-corrected chi connectivity index (χ1v) is 10.5. The fourth-order valence-electron chi connectivity index (χ4n) is 3.08. The van der Waals surface area contributed by atoms with Crippen LogP contribution in [0.15, 0.2) is 24.3 Å². The van der Waals surface area contributed by atoms with E-state index in [2.05, 4.69) is 17.6 Å². The highest BCUT2D eigenvalue weighted by Crippen LogP contribution is 2.13. The fourth-order valence-corrected chi connectivity index (χ4v) is 3.41. The lowest BCUT2D eigenvalue weighted by Gasteiger charge is -2.36. The zero-order valence-electron chi connectivity index (χ0n) is 17.4. The molecular formula is C21H29N3O5S. The maximum atomic E-state index is 12.4. The molecule has 164 valence electrons. The molecule has 1 heterocycles. The zero-order chi connectivity index (χ0) is 21.9. The molecule has 1 aromatic rings. The normalized spacial score (nSPS) is 15.9. The van der Waals surface area contributed by atoms with E-state index in [1.54, 1.807) is 36.3 Å². The number of esters is 1. The highest BCUT2D eigenvalue weighted by atomic mass is 32.1. The number of carbonyl (C=O) groups is 3. The molecule has 2 rings (SSSR count). The molecule has 1 aliphatic heterocycles. The number of methoxy groups -OCH3 is 1. The minimum absolute atomic E-state index is 0.119. The second-order valence-corrected chi connectivity index (χ2v) is 7.40. The van der Waals surface area contributed by atoms with Gasteiger partial charge in [-0.3, -0.25) is 14.4 Å². The molecule has 2 N–H and O–H groups in total. The predicted octanol–water partition coefficient (Wildman–Crippen LogP) is 1.56. The second-order valence-electron chi connectivity index (χ2n) is 7.01. The van der Waals surface area contributed by atoms with E-state index in [1.165, 1.54) is 0 Å². The highest BCUT2D eigenvalue weighted by molar-refractivity contribution is 7.80. The summed E-state index contributed by atoms with van der Waals surface area (Å²) in [6.07, 6.45) is 2.82. The van der Waals surface area contributed by atoms with E-state index in [-0.39, 0.29) is 29.8 Å². The summed E-state index contributed by atoms with van der Waals surface area (Å²) < 4.78 is 10.3. The van der Waals surface area contributed by atoms with Gasteiger partial charge in [-0.25, -0.2) is 0 Å². The Hall–Kier alpha value is -2.68. The van der Waals surface area contributed by atoms with Crippen molar-refractivity contribution in [3.8, 4) is 5.75 Å². The first-order chi connectivity index (χ1) is 14.4. The summed E-state index contributed by atoms with van der Waals surface area (Å²) in [7, 11) is 1.58. The van der Waals surface area contributed by atoms with Gasteiger partial charge in [-0.15, -0.1) is 0 Å². The molecule has 30 heavy (non-hydrogen) atoms. The fraction of sp³-hybridized carbons (Fsp3) is 0.524. The molecule has 9 heteroatoms. The Balaban J connectivity index is 1.91. The molecule has 1 aromatic carbocycles. The Kier molecular flexibility index (Phi) is 9.53. The van der Waals surface area contributed by atoms with Gasteiger partial charge in [-0.1, -0.05) is 31.9 Å². The largest absolute Gasteiger partial charge is 0.497 e. The number of hydrogen-bond acceptors (Lipinski definition) is 6. The van der Waals surface area contributed by atoms with Crippen molar-refractivity contribution in [1.29, 1.82) is 0 Å². The van der Waals surface area contributed by atoms with Crippen LogP contribution in [0.4, 0.5) is 0 Å². The molecule has 1 atom stereocenters. The number of piperazine rings is 1. The van der Waals surface area contributed by atoms with Gasteiger partial charge in [0.2, 0.25) is 11.8 Å². The van der Waals surface area contributed by atoms with Crippen LogP contribution >= 0.6 is 12.2 Å². The topological polar surface area (TPSA) is 97.0 Å². The number of benzene rings is 1. The van der Waals surface area contributed by atoms with Crippen LogP contribution in [0.5, 0.6) is 5.75 Å². The van der Waals surface area contributed by atoms with E-state index in [4.69, 9.17) is 21.7 Å². The average molecular weight is 436 g/mol. The van der Waals surface area contributed by atoms with E-state index in [0.29, 0.717) is 25.4 Å². The summed E-state index contributed by atoms with van der Waals surface area (Å²) in [6.45, 7) is 3.19. The third-order valence-corrected chi connectivity index (χ3v) is 5.07. The maximum Gasteiger partial charge on any atom is 0.308 e. The second kappa shape index (κ2) is 12.1. The van der Waals surface area contributed by atoms with E-state index < -0.39 is 12.0 Å². The number of rotatable bonds is 9. The van der Waals surface area contributed by atoms with Crippen LogP contribution in [0.3, 0.4) is 0 Å². The van der Waals surface area contributed by atoms with Crippen LogP contribution in [-0.2, 0) is 25.5 Å². The van der Waals surface area contributed by atoms with Crippen molar-refractivity contribution in [2.24, 2.45) is 0 Å². The van der Waals surface area contributed by atoms with Gasteiger partial charge in [0, 0.05) is 13.1 Å². The predicted molar refractivity (Wildman–Crippen MR) is 116 cm³/mol. The summed E-state index contributed by atoms with van der Waals surface area (Å²) >= 11 is 5.35. The lowest BCUT2D eigenvalue weighted by atomic mass is 10.1. The molecule has 2 amide bonds. The minimum Gasteiger partial charge on any atom is -0.497 e. The zero-order valence-corrected chi connectivity index (χ0v) is 18.3. The molecule has 0 saturated carbocycles. The lowest BCUT2D eigenvalue weighted by Crippen LogP contribution is -2.60. The smallest absolute Gasteiger partial charge is 0.308 e. The van der Waals surface area contributed by atoms with Crippen LogP contribution < -0.4 is 15.4 Å². The number of hydrogen-bond donors (Lipinski definition) is 2. The number of thiocarbonyl (C=S) groups is 1. The molecule has 8 nitrogen and oxygen atoms in total. The van der Waals surface area contributed by atoms with E-state index in [1.807, 2.05) is 0 Å². The van der Waals surface area contributed by atoms with Crippen LogP contribution in [0.25, 0.3) is 0 Å². The van der Waals surface area contributed by atoms with Crippen molar-refractivity contribution in [1.82, 2.24) is 15.5 Å². The molecule has 1 fully saturated rings. The van der Waals surface area contributed by atoms with Crippen LogP contribution in [0, 0.1) is 0 Å². The van der Waals surface area contributed by atoms with Gasteiger partial charge >= 0.3 is 5.97 Å². The Morgan fingerprint density at radius 2 is 2.00 bits per heavy atom.